The maximum atomic E-state index is 12.2. The van der Waals surface area contributed by atoms with Gasteiger partial charge in [0, 0.05) is 25.2 Å². The number of unbranched alkanes of at least 4 members (excludes halogenated alkanes) is 1. The molecule has 0 aromatic heterocycles. The van der Waals surface area contributed by atoms with Crippen LogP contribution in [0, 0.1) is 10.1 Å². The molecule has 0 bridgehead atoms. The van der Waals surface area contributed by atoms with Gasteiger partial charge in [-0.2, -0.15) is 0 Å². The van der Waals surface area contributed by atoms with Gasteiger partial charge in [-0.1, -0.05) is 29.3 Å². The lowest BCUT2D eigenvalue weighted by atomic mass is 10.1. The second kappa shape index (κ2) is 7.26. The van der Waals surface area contributed by atoms with E-state index < -0.39 is 4.92 Å². The Hall–Kier alpha value is -1.59. The topological polar surface area (TPSA) is 63.5 Å². The summed E-state index contributed by atoms with van der Waals surface area (Å²) >= 11 is 11.6. The smallest absolute Gasteiger partial charge is 0.290 e. The predicted molar refractivity (Wildman–Crippen MR) is 79.5 cm³/mol. The molecule has 0 saturated carbocycles. The maximum Gasteiger partial charge on any atom is 0.290 e. The number of nitro groups is 1. The average Bonchev–Trinajstić information content (AvgIpc) is 2.40. The van der Waals surface area contributed by atoms with Crippen LogP contribution in [0.1, 0.15) is 23.2 Å². The summed E-state index contributed by atoms with van der Waals surface area (Å²) in [6, 6.07) is 2.48. The molecule has 0 fully saturated rings. The predicted octanol–water partition coefficient (Wildman–Crippen LogP) is 3.94. The van der Waals surface area contributed by atoms with Gasteiger partial charge in [0.2, 0.25) is 0 Å². The van der Waals surface area contributed by atoms with E-state index in [1.807, 2.05) is 0 Å². The standard InChI is InChI=1S/C13H14Cl2N2O3/c1-3-4-5-6-16(2)13(18)9-7-10(14)12(15)11(8-9)17(19)20/h3,7-8H,1,4-6H2,2H3. The molecule has 0 atom stereocenters. The molecule has 108 valence electrons. The van der Waals surface area contributed by atoms with Crippen molar-refractivity contribution in [2.45, 2.75) is 12.8 Å². The number of nitro benzene ring substituents is 1. The van der Waals surface area contributed by atoms with E-state index in [1.54, 1.807) is 13.1 Å². The number of nitrogens with zero attached hydrogens (tertiary/aromatic N) is 2. The lowest BCUT2D eigenvalue weighted by molar-refractivity contribution is -0.384. The summed E-state index contributed by atoms with van der Waals surface area (Å²) in [5.41, 5.74) is -0.228. The molecule has 0 heterocycles. The number of rotatable bonds is 6. The summed E-state index contributed by atoms with van der Waals surface area (Å²) in [6.45, 7) is 4.13. The molecule has 1 aromatic rings. The Morgan fingerprint density at radius 3 is 2.70 bits per heavy atom. The fourth-order valence-corrected chi connectivity index (χ4v) is 2.02. The lowest BCUT2D eigenvalue weighted by Crippen LogP contribution is -2.27. The molecule has 1 amide bonds. The van der Waals surface area contributed by atoms with Gasteiger partial charge in [-0.3, -0.25) is 14.9 Å². The van der Waals surface area contributed by atoms with Gasteiger partial charge in [0.25, 0.3) is 11.6 Å². The number of hydrogen-bond acceptors (Lipinski definition) is 3. The minimum atomic E-state index is -0.664. The summed E-state index contributed by atoms with van der Waals surface area (Å²) in [4.78, 5) is 23.8. The van der Waals surface area contributed by atoms with Crippen LogP contribution in [0.2, 0.25) is 10.0 Å². The van der Waals surface area contributed by atoms with E-state index in [2.05, 4.69) is 6.58 Å². The molecule has 0 saturated heterocycles. The first-order valence-electron chi connectivity index (χ1n) is 5.88. The highest BCUT2D eigenvalue weighted by Crippen LogP contribution is 2.33. The van der Waals surface area contributed by atoms with E-state index in [0.29, 0.717) is 6.54 Å². The van der Waals surface area contributed by atoms with Gasteiger partial charge < -0.3 is 4.90 Å². The van der Waals surface area contributed by atoms with E-state index in [9.17, 15) is 14.9 Å². The highest BCUT2D eigenvalue weighted by Gasteiger charge is 2.21. The molecular weight excluding hydrogens is 303 g/mol. The fraction of sp³-hybridized carbons (Fsp3) is 0.308. The van der Waals surface area contributed by atoms with Crippen molar-refractivity contribution in [3.63, 3.8) is 0 Å². The number of allylic oxidation sites excluding steroid dienone is 1. The third-order valence-corrected chi connectivity index (χ3v) is 3.49. The van der Waals surface area contributed by atoms with Crippen molar-refractivity contribution in [1.82, 2.24) is 4.90 Å². The molecule has 20 heavy (non-hydrogen) atoms. The molecular formula is C13H14Cl2N2O3. The Balaban J connectivity index is 2.98. The van der Waals surface area contributed by atoms with Crippen LogP contribution in [-0.2, 0) is 0 Å². The second-order valence-corrected chi connectivity index (χ2v) is 4.99. The molecule has 1 rings (SSSR count). The van der Waals surface area contributed by atoms with Gasteiger partial charge >= 0.3 is 0 Å². The molecule has 7 heteroatoms. The molecule has 0 unspecified atom stereocenters. The average molecular weight is 317 g/mol. The Kier molecular flexibility index (Phi) is 5.98. The first-order valence-corrected chi connectivity index (χ1v) is 6.64. The van der Waals surface area contributed by atoms with Crippen LogP contribution in [0.15, 0.2) is 24.8 Å². The Morgan fingerprint density at radius 2 is 2.15 bits per heavy atom. The highest BCUT2D eigenvalue weighted by atomic mass is 35.5. The number of hydrogen-bond donors (Lipinski definition) is 0. The number of carbonyl (C=O) groups is 1. The van der Waals surface area contributed by atoms with Gasteiger partial charge in [-0.15, -0.1) is 6.58 Å². The fourth-order valence-electron chi connectivity index (χ4n) is 1.63. The monoisotopic (exact) mass is 316 g/mol. The van der Waals surface area contributed by atoms with Crippen molar-refractivity contribution < 1.29 is 9.72 Å². The molecule has 1 aromatic carbocycles. The number of benzene rings is 1. The van der Waals surface area contributed by atoms with E-state index >= 15 is 0 Å². The first kappa shape index (κ1) is 16.5. The van der Waals surface area contributed by atoms with Crippen LogP contribution in [0.25, 0.3) is 0 Å². The van der Waals surface area contributed by atoms with E-state index in [0.717, 1.165) is 18.9 Å². The van der Waals surface area contributed by atoms with E-state index in [1.165, 1.54) is 11.0 Å². The zero-order valence-electron chi connectivity index (χ0n) is 10.9. The van der Waals surface area contributed by atoms with E-state index in [4.69, 9.17) is 23.2 Å². The van der Waals surface area contributed by atoms with Crippen LogP contribution >= 0.6 is 23.2 Å². The maximum absolute atomic E-state index is 12.2. The summed E-state index contributed by atoms with van der Waals surface area (Å²) in [7, 11) is 1.62. The van der Waals surface area contributed by atoms with E-state index in [-0.39, 0.29) is 27.2 Å². The summed E-state index contributed by atoms with van der Waals surface area (Å²) < 4.78 is 0. The summed E-state index contributed by atoms with van der Waals surface area (Å²) in [5, 5.41) is 10.7. The molecule has 0 aliphatic heterocycles. The van der Waals surface area contributed by atoms with Crippen molar-refractivity contribution >= 4 is 34.8 Å². The van der Waals surface area contributed by atoms with Crippen molar-refractivity contribution in [3.05, 3.63) is 50.5 Å². The highest BCUT2D eigenvalue weighted by molar-refractivity contribution is 6.43. The zero-order valence-corrected chi connectivity index (χ0v) is 12.4. The third kappa shape index (κ3) is 3.95. The zero-order chi connectivity index (χ0) is 15.3. The van der Waals surface area contributed by atoms with Crippen LogP contribution in [0.4, 0.5) is 5.69 Å². The van der Waals surface area contributed by atoms with Gasteiger partial charge in [0.05, 0.1) is 9.95 Å². The Bertz CT molecular complexity index is 547. The Morgan fingerprint density at radius 1 is 1.50 bits per heavy atom. The van der Waals surface area contributed by atoms with Gasteiger partial charge in [-0.05, 0) is 18.9 Å². The van der Waals surface area contributed by atoms with Crippen LogP contribution in [0.3, 0.4) is 0 Å². The summed E-state index contributed by atoms with van der Waals surface area (Å²) in [5.74, 6) is -0.337. The van der Waals surface area contributed by atoms with Crippen LogP contribution in [-0.4, -0.2) is 29.3 Å². The number of carbonyl (C=O) groups excluding carboxylic acids is 1. The molecule has 0 aliphatic carbocycles. The van der Waals surface area contributed by atoms with Crippen LogP contribution < -0.4 is 0 Å². The summed E-state index contributed by atoms with van der Waals surface area (Å²) in [6.07, 6.45) is 3.33. The molecule has 0 aliphatic rings. The van der Waals surface area contributed by atoms with Crippen molar-refractivity contribution in [2.24, 2.45) is 0 Å². The quantitative estimate of drug-likeness (QED) is 0.345. The van der Waals surface area contributed by atoms with Gasteiger partial charge in [0.15, 0.2) is 0 Å². The molecule has 5 nitrogen and oxygen atoms in total. The molecule has 0 radical (unpaired) electrons. The Labute approximate surface area is 126 Å². The molecule has 0 N–H and O–H groups in total. The third-order valence-electron chi connectivity index (χ3n) is 2.70. The number of amides is 1. The first-order chi connectivity index (χ1) is 9.38. The molecule has 0 spiro atoms. The van der Waals surface area contributed by atoms with Gasteiger partial charge in [0.1, 0.15) is 5.02 Å². The van der Waals surface area contributed by atoms with Crippen molar-refractivity contribution in [2.75, 3.05) is 13.6 Å². The lowest BCUT2D eigenvalue weighted by Gasteiger charge is -2.17. The number of halogens is 2. The van der Waals surface area contributed by atoms with Crippen molar-refractivity contribution in [3.8, 4) is 0 Å². The van der Waals surface area contributed by atoms with Crippen LogP contribution in [0.5, 0.6) is 0 Å². The normalized spacial score (nSPS) is 10.2. The van der Waals surface area contributed by atoms with Gasteiger partial charge in [-0.25, -0.2) is 0 Å². The minimum absolute atomic E-state index is 0.0105. The SMILES string of the molecule is C=CCCCN(C)C(=O)c1cc(Cl)c(Cl)c([N+](=O)[O-])c1. The van der Waals surface area contributed by atoms with Crippen molar-refractivity contribution in [1.29, 1.82) is 0 Å². The second-order valence-electron chi connectivity index (χ2n) is 4.21. The largest absolute Gasteiger partial charge is 0.342 e. The minimum Gasteiger partial charge on any atom is -0.342 e.